The number of likely N-dealkylation sites (tertiary alicyclic amines) is 1. The van der Waals surface area contributed by atoms with Gasteiger partial charge in [0.15, 0.2) is 5.79 Å². The Morgan fingerprint density at radius 2 is 2.00 bits per heavy atom. The minimum atomic E-state index is -0.511. The number of halogens is 2. The number of amides is 1. The van der Waals surface area contributed by atoms with Crippen LogP contribution in [0.1, 0.15) is 12.8 Å². The predicted molar refractivity (Wildman–Crippen MR) is 139 cm³/mol. The fourth-order valence-corrected chi connectivity index (χ4v) is 4.69. The van der Waals surface area contributed by atoms with Crippen molar-refractivity contribution >= 4 is 45.6 Å². The van der Waals surface area contributed by atoms with Crippen LogP contribution in [0.15, 0.2) is 48.8 Å². The summed E-state index contributed by atoms with van der Waals surface area (Å²) in [5.41, 5.74) is 1.63. The molecule has 5 rings (SSSR count). The van der Waals surface area contributed by atoms with Crippen LogP contribution < -0.4 is 15.4 Å². The van der Waals surface area contributed by atoms with Gasteiger partial charge in [-0.25, -0.2) is 14.4 Å². The van der Waals surface area contributed by atoms with Gasteiger partial charge in [0.05, 0.1) is 36.6 Å². The molecule has 0 aliphatic carbocycles. The smallest absolute Gasteiger partial charge is 0.248 e. The molecule has 0 atom stereocenters. The highest BCUT2D eigenvalue weighted by Gasteiger charge is 2.39. The molecule has 3 aromatic rings. The monoisotopic (exact) mass is 527 g/mol. The van der Waals surface area contributed by atoms with Crippen molar-refractivity contribution in [2.24, 2.45) is 0 Å². The first-order valence-electron chi connectivity index (χ1n) is 12.0. The van der Waals surface area contributed by atoms with Gasteiger partial charge >= 0.3 is 0 Å². The Hall–Kier alpha value is -3.31. The van der Waals surface area contributed by atoms with Crippen LogP contribution >= 0.6 is 11.6 Å². The predicted octanol–water partition coefficient (Wildman–Crippen LogP) is 4.51. The molecular weight excluding hydrogens is 501 g/mol. The molecule has 2 fully saturated rings. The number of piperidine rings is 1. The molecule has 1 amide bonds. The number of methoxy groups -OCH3 is 1. The molecule has 0 saturated carbocycles. The third-order valence-electron chi connectivity index (χ3n) is 6.46. The van der Waals surface area contributed by atoms with Gasteiger partial charge in [-0.3, -0.25) is 9.69 Å². The number of nitrogens with one attached hydrogen (secondary N) is 2. The lowest BCUT2D eigenvalue weighted by atomic mass is 10.0. The first kappa shape index (κ1) is 25.3. The van der Waals surface area contributed by atoms with Crippen LogP contribution in [-0.4, -0.2) is 66.5 Å². The number of benzene rings is 2. The first-order chi connectivity index (χ1) is 17.9. The molecule has 1 spiro atoms. The van der Waals surface area contributed by atoms with E-state index in [1.807, 2.05) is 6.08 Å². The Morgan fingerprint density at radius 3 is 2.73 bits per heavy atom. The third-order valence-corrected chi connectivity index (χ3v) is 6.75. The molecular formula is C26H27ClFN5O4. The first-order valence-corrected chi connectivity index (χ1v) is 12.4. The summed E-state index contributed by atoms with van der Waals surface area (Å²) in [7, 11) is 1.52. The number of anilines is 3. The van der Waals surface area contributed by atoms with Crippen molar-refractivity contribution in [1.82, 2.24) is 14.9 Å². The van der Waals surface area contributed by atoms with Crippen molar-refractivity contribution in [3.8, 4) is 5.75 Å². The SMILES string of the molecule is COc1cc2ncnc(Nc3ccc(F)c(Cl)c3)c2cc1NC(=O)/C=C/CN1CCC2(CC1)OCCO2. The molecule has 0 bridgehead atoms. The summed E-state index contributed by atoms with van der Waals surface area (Å²) in [5, 5.41) is 6.64. The van der Waals surface area contributed by atoms with Crippen molar-refractivity contribution in [3.05, 3.63) is 59.7 Å². The topological polar surface area (TPSA) is 97.8 Å². The maximum atomic E-state index is 13.5. The Labute approximate surface area is 218 Å². The molecule has 2 N–H and O–H groups in total. The number of carbonyl (C=O) groups excluding carboxylic acids is 1. The van der Waals surface area contributed by atoms with Crippen LogP contribution in [0.25, 0.3) is 10.9 Å². The van der Waals surface area contributed by atoms with E-state index >= 15 is 0 Å². The van der Waals surface area contributed by atoms with Crippen LogP contribution in [-0.2, 0) is 14.3 Å². The maximum Gasteiger partial charge on any atom is 0.248 e. The summed E-state index contributed by atoms with van der Waals surface area (Å²) < 4.78 is 30.6. The number of carbonyl (C=O) groups is 1. The highest BCUT2D eigenvalue weighted by molar-refractivity contribution is 6.31. The van der Waals surface area contributed by atoms with Gasteiger partial charge in [0, 0.05) is 55.7 Å². The summed E-state index contributed by atoms with van der Waals surface area (Å²) in [4.78, 5) is 23.6. The van der Waals surface area contributed by atoms with Gasteiger partial charge < -0.3 is 24.8 Å². The molecule has 2 aliphatic heterocycles. The number of rotatable bonds is 7. The van der Waals surface area contributed by atoms with Crippen LogP contribution in [0.4, 0.5) is 21.6 Å². The van der Waals surface area contributed by atoms with Crippen molar-refractivity contribution in [3.63, 3.8) is 0 Å². The standard InChI is InChI=1S/C26H27ClFN5O4/c1-35-23-15-21-18(25(30-16-29-21)31-17-4-5-20(28)19(27)13-17)14-22(23)32-24(34)3-2-8-33-9-6-26(7-10-33)36-11-12-37-26/h2-5,13-16H,6-12H2,1H3,(H,32,34)(H,29,30,31)/b3-2+. The third kappa shape index (κ3) is 5.83. The average molecular weight is 528 g/mol. The summed E-state index contributed by atoms with van der Waals surface area (Å²) in [6.45, 7) is 3.66. The van der Waals surface area contributed by atoms with Gasteiger partial charge in [-0.05, 0) is 24.3 Å². The molecule has 37 heavy (non-hydrogen) atoms. The number of hydrogen-bond donors (Lipinski definition) is 2. The van der Waals surface area contributed by atoms with Gasteiger partial charge in [0.1, 0.15) is 23.7 Å². The van der Waals surface area contributed by atoms with Gasteiger partial charge in [0.2, 0.25) is 5.91 Å². The van der Waals surface area contributed by atoms with E-state index in [9.17, 15) is 9.18 Å². The lowest BCUT2D eigenvalue weighted by molar-refractivity contribution is -0.184. The van der Waals surface area contributed by atoms with E-state index < -0.39 is 11.6 Å². The second-order valence-corrected chi connectivity index (χ2v) is 9.25. The highest BCUT2D eigenvalue weighted by Crippen LogP contribution is 2.34. The number of ether oxygens (including phenoxy) is 3. The molecule has 2 saturated heterocycles. The van der Waals surface area contributed by atoms with Crippen molar-refractivity contribution in [1.29, 1.82) is 0 Å². The highest BCUT2D eigenvalue weighted by atomic mass is 35.5. The Bertz CT molecular complexity index is 1320. The zero-order valence-electron chi connectivity index (χ0n) is 20.3. The molecule has 1 aromatic heterocycles. The Morgan fingerprint density at radius 1 is 1.22 bits per heavy atom. The van der Waals surface area contributed by atoms with Gasteiger partial charge in [-0.2, -0.15) is 0 Å². The Kier molecular flexibility index (Phi) is 7.52. The van der Waals surface area contributed by atoms with E-state index in [-0.39, 0.29) is 10.9 Å². The molecule has 9 nitrogen and oxygen atoms in total. The summed E-state index contributed by atoms with van der Waals surface area (Å²) in [6.07, 6.45) is 6.40. The van der Waals surface area contributed by atoms with E-state index in [4.69, 9.17) is 25.8 Å². The van der Waals surface area contributed by atoms with Gasteiger partial charge in [0.25, 0.3) is 0 Å². The van der Waals surface area contributed by atoms with Crippen molar-refractivity contribution in [2.45, 2.75) is 18.6 Å². The Balaban J connectivity index is 1.27. The van der Waals surface area contributed by atoms with Crippen LogP contribution in [0, 0.1) is 5.82 Å². The zero-order chi connectivity index (χ0) is 25.8. The minimum Gasteiger partial charge on any atom is -0.494 e. The lowest BCUT2D eigenvalue weighted by Gasteiger charge is -2.37. The number of aromatic nitrogens is 2. The summed E-state index contributed by atoms with van der Waals surface area (Å²) in [5.74, 6) is -0.278. The summed E-state index contributed by atoms with van der Waals surface area (Å²) >= 11 is 5.91. The van der Waals surface area contributed by atoms with Crippen LogP contribution in [0.5, 0.6) is 5.75 Å². The summed E-state index contributed by atoms with van der Waals surface area (Å²) in [6, 6.07) is 7.75. The largest absolute Gasteiger partial charge is 0.494 e. The fraction of sp³-hybridized carbons (Fsp3) is 0.346. The number of fused-ring (bicyclic) bond motifs is 1. The van der Waals surface area contributed by atoms with Crippen molar-refractivity contribution < 1.29 is 23.4 Å². The number of nitrogens with zero attached hydrogens (tertiary/aromatic N) is 3. The molecule has 2 aromatic carbocycles. The molecule has 11 heteroatoms. The van der Waals surface area contributed by atoms with Gasteiger partial charge in [-0.15, -0.1) is 0 Å². The molecule has 0 radical (unpaired) electrons. The molecule has 2 aliphatic rings. The second kappa shape index (κ2) is 11.0. The second-order valence-electron chi connectivity index (χ2n) is 8.85. The molecule has 194 valence electrons. The zero-order valence-corrected chi connectivity index (χ0v) is 21.1. The van der Waals surface area contributed by atoms with E-state index in [2.05, 4.69) is 25.5 Å². The molecule has 3 heterocycles. The molecule has 0 unspecified atom stereocenters. The van der Waals surface area contributed by atoms with Gasteiger partial charge in [-0.1, -0.05) is 17.7 Å². The quantitative estimate of drug-likeness (QED) is 0.433. The minimum absolute atomic E-state index is 0.00553. The number of hydrogen-bond acceptors (Lipinski definition) is 8. The van der Waals surface area contributed by atoms with E-state index in [0.29, 0.717) is 53.6 Å². The fourth-order valence-electron chi connectivity index (χ4n) is 4.51. The lowest BCUT2D eigenvalue weighted by Crippen LogP contribution is -2.45. The van der Waals surface area contributed by atoms with E-state index in [1.54, 1.807) is 18.2 Å². The van der Waals surface area contributed by atoms with E-state index in [1.165, 1.54) is 31.6 Å². The maximum absolute atomic E-state index is 13.5. The van der Waals surface area contributed by atoms with Crippen molar-refractivity contribution in [2.75, 3.05) is 50.6 Å². The van der Waals surface area contributed by atoms with Crippen LogP contribution in [0.2, 0.25) is 5.02 Å². The van der Waals surface area contributed by atoms with E-state index in [0.717, 1.165) is 25.9 Å². The average Bonchev–Trinajstić information content (AvgIpc) is 3.35. The van der Waals surface area contributed by atoms with Crippen LogP contribution in [0.3, 0.4) is 0 Å². The normalized spacial score (nSPS) is 17.5.